The van der Waals surface area contributed by atoms with Gasteiger partial charge in [-0.3, -0.25) is 9.89 Å². The van der Waals surface area contributed by atoms with Crippen molar-refractivity contribution < 1.29 is 9.21 Å². The van der Waals surface area contributed by atoms with E-state index in [1.807, 2.05) is 43.3 Å². The number of nitrogens with one attached hydrogen (secondary N) is 2. The van der Waals surface area contributed by atoms with Gasteiger partial charge in [0, 0.05) is 17.6 Å². The number of carbonyl (C=O) groups excluding carboxylic acids is 1. The van der Waals surface area contributed by atoms with E-state index in [0.29, 0.717) is 28.7 Å². The van der Waals surface area contributed by atoms with Crippen LogP contribution in [0, 0.1) is 6.92 Å². The second-order valence-corrected chi connectivity index (χ2v) is 5.65. The van der Waals surface area contributed by atoms with E-state index in [2.05, 4.69) is 15.5 Å². The molecule has 0 saturated heterocycles. The second kappa shape index (κ2) is 6.71. The van der Waals surface area contributed by atoms with E-state index in [0.717, 1.165) is 17.7 Å². The lowest BCUT2D eigenvalue weighted by Crippen LogP contribution is -2.26. The van der Waals surface area contributed by atoms with Crippen molar-refractivity contribution in [2.45, 2.75) is 13.3 Å². The molecule has 0 aliphatic heterocycles. The zero-order chi connectivity index (χ0) is 16.2. The largest absolute Gasteiger partial charge is 0.460 e. The Morgan fingerprint density at radius 1 is 1.26 bits per heavy atom. The molecular weight excluding hydrogens is 314 g/mol. The topological polar surface area (TPSA) is 70.9 Å². The van der Waals surface area contributed by atoms with Crippen LogP contribution in [0.5, 0.6) is 0 Å². The fourth-order valence-corrected chi connectivity index (χ4v) is 2.33. The molecule has 5 nitrogen and oxygen atoms in total. The summed E-state index contributed by atoms with van der Waals surface area (Å²) in [4.78, 5) is 12.1. The minimum Gasteiger partial charge on any atom is -0.460 e. The molecule has 0 aliphatic carbocycles. The fraction of sp³-hybridized carbons (Fsp3) is 0.176. The Kier molecular flexibility index (Phi) is 4.48. The van der Waals surface area contributed by atoms with Crippen LogP contribution in [0.4, 0.5) is 0 Å². The van der Waals surface area contributed by atoms with Gasteiger partial charge in [-0.15, -0.1) is 0 Å². The normalized spacial score (nSPS) is 10.7. The first-order valence-electron chi connectivity index (χ1n) is 7.27. The van der Waals surface area contributed by atoms with E-state index in [9.17, 15) is 4.79 Å². The highest BCUT2D eigenvalue weighted by Crippen LogP contribution is 2.20. The number of hydrogen-bond donors (Lipinski definition) is 2. The molecule has 2 N–H and O–H groups in total. The monoisotopic (exact) mass is 329 g/mol. The number of aromatic amines is 1. The standard InChI is InChI=1S/C17H16ClN3O2/c1-11-2-7-16(23-11)14-10-15(21-20-14)17(22)19-9-8-12-3-5-13(18)6-4-12/h2-7,10H,8-9H2,1H3,(H,19,22)(H,20,21). The Bertz CT molecular complexity index is 805. The molecule has 23 heavy (non-hydrogen) atoms. The lowest BCUT2D eigenvalue weighted by molar-refractivity contribution is 0.0949. The number of amides is 1. The summed E-state index contributed by atoms with van der Waals surface area (Å²) in [6.45, 7) is 2.40. The molecular formula is C17H16ClN3O2. The lowest BCUT2D eigenvalue weighted by atomic mass is 10.1. The van der Waals surface area contributed by atoms with Crippen LogP contribution in [0.2, 0.25) is 5.02 Å². The van der Waals surface area contributed by atoms with Gasteiger partial charge in [-0.1, -0.05) is 23.7 Å². The number of aromatic nitrogens is 2. The van der Waals surface area contributed by atoms with Crippen LogP contribution in [0.3, 0.4) is 0 Å². The molecule has 1 amide bonds. The third-order valence-corrected chi connectivity index (χ3v) is 3.68. The number of aryl methyl sites for hydroxylation is 1. The Morgan fingerprint density at radius 3 is 2.74 bits per heavy atom. The van der Waals surface area contributed by atoms with Crippen LogP contribution in [0.1, 0.15) is 21.8 Å². The SMILES string of the molecule is Cc1ccc(-c2cc(C(=O)NCCc3ccc(Cl)cc3)n[nH]2)o1. The maximum atomic E-state index is 12.1. The maximum absolute atomic E-state index is 12.1. The van der Waals surface area contributed by atoms with Gasteiger partial charge in [-0.05, 0) is 43.2 Å². The summed E-state index contributed by atoms with van der Waals surface area (Å²) in [6.07, 6.45) is 0.734. The van der Waals surface area contributed by atoms with Crippen LogP contribution >= 0.6 is 11.6 Å². The number of H-pyrrole nitrogens is 1. The molecule has 3 aromatic rings. The van der Waals surface area contributed by atoms with Crippen molar-refractivity contribution in [1.82, 2.24) is 15.5 Å². The third-order valence-electron chi connectivity index (χ3n) is 3.43. The molecule has 0 fully saturated rings. The number of furan rings is 1. The first-order valence-corrected chi connectivity index (χ1v) is 7.64. The lowest BCUT2D eigenvalue weighted by Gasteiger charge is -2.03. The highest BCUT2D eigenvalue weighted by molar-refractivity contribution is 6.30. The molecule has 118 valence electrons. The van der Waals surface area contributed by atoms with Crippen LogP contribution in [0.15, 0.2) is 46.9 Å². The molecule has 0 radical (unpaired) electrons. The molecule has 0 spiro atoms. The molecule has 0 unspecified atom stereocenters. The second-order valence-electron chi connectivity index (χ2n) is 5.21. The van der Waals surface area contributed by atoms with E-state index in [1.54, 1.807) is 6.07 Å². The predicted octanol–water partition coefficient (Wildman–Crippen LogP) is 3.60. The van der Waals surface area contributed by atoms with E-state index >= 15 is 0 Å². The van der Waals surface area contributed by atoms with Gasteiger partial charge >= 0.3 is 0 Å². The molecule has 0 atom stereocenters. The maximum Gasteiger partial charge on any atom is 0.271 e. The van der Waals surface area contributed by atoms with Gasteiger partial charge in [0.2, 0.25) is 0 Å². The molecule has 3 rings (SSSR count). The van der Waals surface area contributed by atoms with Crippen molar-refractivity contribution in [3.05, 3.63) is 64.5 Å². The Balaban J connectivity index is 1.56. The number of halogens is 1. The molecule has 2 aromatic heterocycles. The van der Waals surface area contributed by atoms with Gasteiger partial charge in [0.05, 0.1) is 0 Å². The number of hydrogen-bond acceptors (Lipinski definition) is 3. The van der Waals surface area contributed by atoms with Crippen molar-refractivity contribution in [2.24, 2.45) is 0 Å². The average molecular weight is 330 g/mol. The van der Waals surface area contributed by atoms with E-state index in [4.69, 9.17) is 16.0 Å². The van der Waals surface area contributed by atoms with Gasteiger partial charge in [-0.2, -0.15) is 5.10 Å². The van der Waals surface area contributed by atoms with Crippen molar-refractivity contribution in [3.8, 4) is 11.5 Å². The number of carbonyl (C=O) groups is 1. The smallest absolute Gasteiger partial charge is 0.271 e. The molecule has 2 heterocycles. The van der Waals surface area contributed by atoms with Crippen LogP contribution in [-0.2, 0) is 6.42 Å². The van der Waals surface area contributed by atoms with Gasteiger partial charge in [0.1, 0.15) is 11.5 Å². The molecule has 0 saturated carbocycles. The predicted molar refractivity (Wildman–Crippen MR) is 88.5 cm³/mol. The summed E-state index contributed by atoms with van der Waals surface area (Å²) in [5.74, 6) is 1.25. The first-order chi connectivity index (χ1) is 11.1. The number of benzene rings is 1. The van der Waals surface area contributed by atoms with Crippen molar-refractivity contribution in [1.29, 1.82) is 0 Å². The summed E-state index contributed by atoms with van der Waals surface area (Å²) in [5.41, 5.74) is 2.13. The van der Waals surface area contributed by atoms with Gasteiger partial charge in [0.25, 0.3) is 5.91 Å². The van der Waals surface area contributed by atoms with Crippen molar-refractivity contribution >= 4 is 17.5 Å². The third kappa shape index (κ3) is 3.81. The fourth-order valence-electron chi connectivity index (χ4n) is 2.21. The molecule has 6 heteroatoms. The molecule has 0 bridgehead atoms. The van der Waals surface area contributed by atoms with E-state index < -0.39 is 0 Å². The van der Waals surface area contributed by atoms with Gasteiger partial charge < -0.3 is 9.73 Å². The van der Waals surface area contributed by atoms with E-state index in [1.165, 1.54) is 0 Å². The first kappa shape index (κ1) is 15.4. The Labute approximate surface area is 138 Å². The summed E-state index contributed by atoms with van der Waals surface area (Å²) < 4.78 is 5.50. The summed E-state index contributed by atoms with van der Waals surface area (Å²) in [7, 11) is 0. The minimum absolute atomic E-state index is 0.218. The van der Waals surface area contributed by atoms with Crippen LogP contribution in [0.25, 0.3) is 11.5 Å². The van der Waals surface area contributed by atoms with Gasteiger partial charge in [0.15, 0.2) is 11.5 Å². The summed E-state index contributed by atoms with van der Waals surface area (Å²) >= 11 is 5.84. The molecule has 1 aromatic carbocycles. The van der Waals surface area contributed by atoms with E-state index in [-0.39, 0.29) is 5.91 Å². The zero-order valence-electron chi connectivity index (χ0n) is 12.6. The highest BCUT2D eigenvalue weighted by Gasteiger charge is 2.12. The van der Waals surface area contributed by atoms with Crippen LogP contribution < -0.4 is 5.32 Å². The zero-order valence-corrected chi connectivity index (χ0v) is 13.4. The van der Waals surface area contributed by atoms with Crippen molar-refractivity contribution in [2.75, 3.05) is 6.54 Å². The average Bonchev–Trinajstić information content (AvgIpc) is 3.18. The summed E-state index contributed by atoms with van der Waals surface area (Å²) in [5, 5.41) is 10.4. The van der Waals surface area contributed by atoms with Crippen molar-refractivity contribution in [3.63, 3.8) is 0 Å². The minimum atomic E-state index is -0.218. The highest BCUT2D eigenvalue weighted by atomic mass is 35.5. The number of nitrogens with zero attached hydrogens (tertiary/aromatic N) is 1. The number of rotatable bonds is 5. The molecule has 0 aliphatic rings. The Hall–Kier alpha value is -2.53. The quantitative estimate of drug-likeness (QED) is 0.751. The summed E-state index contributed by atoms with van der Waals surface area (Å²) in [6, 6.07) is 12.9. The Morgan fingerprint density at radius 2 is 2.04 bits per heavy atom. The van der Waals surface area contributed by atoms with Gasteiger partial charge in [-0.25, -0.2) is 0 Å². The van der Waals surface area contributed by atoms with Crippen LogP contribution in [-0.4, -0.2) is 22.6 Å².